The van der Waals surface area contributed by atoms with E-state index in [-0.39, 0.29) is 47.2 Å². The number of piperazine rings is 1. The number of aliphatic hydroxyl groups is 8. The van der Waals surface area contributed by atoms with Crippen LogP contribution in [0.25, 0.3) is 0 Å². The monoisotopic (exact) mass is 488 g/mol. The van der Waals surface area contributed by atoms with Gasteiger partial charge in [-0.25, -0.2) is 0 Å². The van der Waals surface area contributed by atoms with Crippen molar-refractivity contribution in [2.45, 2.75) is 42.5 Å². The Bertz CT molecular complexity index is 898. The summed E-state index contributed by atoms with van der Waals surface area (Å²) in [6, 6.07) is 3.03. The summed E-state index contributed by atoms with van der Waals surface area (Å²) in [5, 5.41) is 93.1. The Morgan fingerprint density at radius 1 is 0.971 bits per heavy atom. The van der Waals surface area contributed by atoms with Crippen molar-refractivity contribution in [1.82, 2.24) is 9.80 Å². The summed E-state index contributed by atoms with van der Waals surface area (Å²) in [6.07, 6.45) is 7.95. The number of methoxy groups -OCH3 is 1. The van der Waals surface area contributed by atoms with Gasteiger partial charge in [0.2, 0.25) is 0 Å². The average molecular weight is 488 g/mol. The first kappa shape index (κ1) is 27.6. The number of nitro benzene ring substituents is 1. The molecule has 0 atom stereocenters. The van der Waals surface area contributed by atoms with Gasteiger partial charge in [0.15, 0.2) is 5.75 Å². The van der Waals surface area contributed by atoms with Gasteiger partial charge >= 0.3 is 29.3 Å². The Morgan fingerprint density at radius 2 is 1.44 bits per heavy atom. The Morgan fingerprint density at radius 3 is 1.85 bits per heavy atom. The summed E-state index contributed by atoms with van der Waals surface area (Å²) < 4.78 is 5.04. The molecule has 3 rings (SSSR count). The van der Waals surface area contributed by atoms with Crippen LogP contribution in [0.4, 0.5) is 11.4 Å². The van der Waals surface area contributed by atoms with Gasteiger partial charge in [-0.1, -0.05) is 0 Å². The van der Waals surface area contributed by atoms with Crippen LogP contribution in [-0.2, 0) is 0 Å². The molecule has 190 valence electrons. The fourth-order valence-corrected chi connectivity index (χ4v) is 4.11. The van der Waals surface area contributed by atoms with Crippen LogP contribution < -0.4 is 9.64 Å². The fraction of sp³-hybridized carbons (Fsp3) is 0.579. The number of nitrogens with zero attached hydrogens (tertiary/aromatic N) is 4. The zero-order valence-electron chi connectivity index (χ0n) is 18.4. The second-order valence-corrected chi connectivity index (χ2v) is 7.80. The van der Waals surface area contributed by atoms with Gasteiger partial charge in [-0.15, -0.1) is 12.8 Å². The van der Waals surface area contributed by atoms with Crippen molar-refractivity contribution in [2.75, 3.05) is 32.1 Å². The highest BCUT2D eigenvalue weighted by Crippen LogP contribution is 2.45. The number of likely N-dealkylation sites (N-methyl/N-ethyl adjacent to an activating group) is 1. The van der Waals surface area contributed by atoms with E-state index in [0.717, 1.165) is 0 Å². The van der Waals surface area contributed by atoms with Crippen molar-refractivity contribution in [1.29, 1.82) is 0 Å². The predicted octanol–water partition coefficient (Wildman–Crippen LogP) is -3.38. The highest BCUT2D eigenvalue weighted by Gasteiger charge is 2.76. The summed E-state index contributed by atoms with van der Waals surface area (Å²) in [5.41, 5.74) is 0.309. The molecule has 0 aromatic heterocycles. The molecule has 0 spiro atoms. The molecule has 0 bridgehead atoms. The number of hydrogen-bond acceptors (Lipinski definition) is 14. The number of hydrogen-bond donors (Lipinski definition) is 8. The van der Waals surface area contributed by atoms with Crippen molar-refractivity contribution < 1.29 is 50.5 Å². The quantitative estimate of drug-likeness (QED) is 0.0896. The third kappa shape index (κ3) is 4.06. The van der Waals surface area contributed by atoms with Gasteiger partial charge in [-0.05, 0) is 26.0 Å². The number of rotatable bonds is 4. The second-order valence-electron chi connectivity index (χ2n) is 7.80. The molecule has 34 heavy (non-hydrogen) atoms. The molecule has 0 aliphatic carbocycles. The molecule has 0 unspecified atom stereocenters. The van der Waals surface area contributed by atoms with Crippen molar-refractivity contribution in [2.24, 2.45) is 0 Å². The van der Waals surface area contributed by atoms with Gasteiger partial charge in [0.25, 0.3) is 0 Å². The Balaban J connectivity index is 0.00000199. The zero-order chi connectivity index (χ0) is 26.3. The first-order chi connectivity index (χ1) is 15.6. The lowest BCUT2D eigenvalue weighted by molar-refractivity contribution is -0.610. The van der Waals surface area contributed by atoms with Crippen LogP contribution in [0, 0.1) is 23.0 Å². The number of terminal acetylenes is 1. The SMILES string of the molecule is C#C.COc1cc(N2CCC(N3C(O)(O)C(O)(O)N(C)C(O)(O)C3(O)O)CC2)ccc1[N+](=O)[O-]. The summed E-state index contributed by atoms with van der Waals surface area (Å²) in [7, 11) is 1.91. The van der Waals surface area contributed by atoms with Crippen molar-refractivity contribution in [3.63, 3.8) is 0 Å². The number of ether oxygens (including phenoxy) is 1. The molecule has 2 fully saturated rings. The zero-order valence-corrected chi connectivity index (χ0v) is 18.4. The summed E-state index contributed by atoms with van der Waals surface area (Å²) in [4.78, 5) is 12.0. The lowest BCUT2D eigenvalue weighted by Crippen LogP contribution is -2.90. The summed E-state index contributed by atoms with van der Waals surface area (Å²) in [5.74, 6) is -14.8. The van der Waals surface area contributed by atoms with Gasteiger partial charge in [-0.2, -0.15) is 9.80 Å². The minimum Gasteiger partial charge on any atom is -0.490 e. The fourth-order valence-electron chi connectivity index (χ4n) is 4.11. The molecule has 8 N–H and O–H groups in total. The normalized spacial score (nSPS) is 24.1. The van der Waals surface area contributed by atoms with Crippen LogP contribution in [0.15, 0.2) is 18.2 Å². The number of piperidine rings is 1. The molecule has 2 aliphatic rings. The largest absolute Gasteiger partial charge is 0.490 e. The van der Waals surface area contributed by atoms with E-state index in [1.165, 1.54) is 25.3 Å². The maximum absolute atomic E-state index is 11.1. The van der Waals surface area contributed by atoms with Gasteiger partial charge in [-0.3, -0.25) is 10.1 Å². The number of anilines is 1. The first-order valence-electron chi connectivity index (χ1n) is 9.83. The van der Waals surface area contributed by atoms with E-state index in [1.54, 1.807) is 4.90 Å². The van der Waals surface area contributed by atoms with E-state index in [2.05, 4.69) is 12.8 Å². The molecule has 1 aromatic rings. The molecule has 2 aliphatic heterocycles. The first-order valence-corrected chi connectivity index (χ1v) is 9.83. The molecule has 2 saturated heterocycles. The van der Waals surface area contributed by atoms with E-state index in [0.29, 0.717) is 12.7 Å². The number of benzene rings is 1. The van der Waals surface area contributed by atoms with E-state index >= 15 is 0 Å². The van der Waals surface area contributed by atoms with Crippen LogP contribution in [0.3, 0.4) is 0 Å². The molecular formula is C19H28N4O11. The van der Waals surface area contributed by atoms with Crippen molar-refractivity contribution in [3.8, 4) is 18.6 Å². The summed E-state index contributed by atoms with van der Waals surface area (Å²) >= 11 is 0. The van der Waals surface area contributed by atoms with Crippen molar-refractivity contribution in [3.05, 3.63) is 28.3 Å². The Hall–Kier alpha value is -2.62. The van der Waals surface area contributed by atoms with Crippen LogP contribution in [0.5, 0.6) is 5.75 Å². The molecule has 1 aromatic carbocycles. The maximum atomic E-state index is 11.1. The third-order valence-corrected chi connectivity index (χ3v) is 6.06. The maximum Gasteiger partial charge on any atom is 0.311 e. The van der Waals surface area contributed by atoms with E-state index in [4.69, 9.17) is 4.74 Å². The third-order valence-electron chi connectivity index (χ3n) is 6.06. The van der Waals surface area contributed by atoms with E-state index in [1.807, 2.05) is 0 Å². The van der Waals surface area contributed by atoms with Crippen LogP contribution in [0.2, 0.25) is 0 Å². The molecule has 0 saturated carbocycles. The lowest BCUT2D eigenvalue weighted by Gasteiger charge is -2.62. The molecular weight excluding hydrogens is 460 g/mol. The smallest absolute Gasteiger partial charge is 0.311 e. The molecule has 15 nitrogen and oxygen atoms in total. The Labute approximate surface area is 194 Å². The van der Waals surface area contributed by atoms with Gasteiger partial charge in [0.1, 0.15) is 0 Å². The highest BCUT2D eigenvalue weighted by molar-refractivity contribution is 5.59. The van der Waals surface area contributed by atoms with Crippen LogP contribution in [-0.4, -0.2) is 113 Å². The van der Waals surface area contributed by atoms with Gasteiger partial charge in [0.05, 0.1) is 12.0 Å². The molecule has 15 heteroatoms. The standard InChI is InChI=1S/C17H26N4O11.C2H2/c1-18-14(22,23)16(26,27)20(17(28,29)15(18,24)25)10-5-7-19(8-6-10)11-3-4-12(21(30)31)13(9-11)32-2;1-2/h3-4,9-10,22-29H,5-8H2,1-2H3;1-2H. The Kier molecular flexibility index (Phi) is 7.48. The summed E-state index contributed by atoms with van der Waals surface area (Å²) in [6.45, 7) is 0.301. The van der Waals surface area contributed by atoms with Gasteiger partial charge in [0, 0.05) is 37.0 Å². The topological polar surface area (TPSA) is 224 Å². The van der Waals surface area contributed by atoms with Crippen LogP contribution in [0.1, 0.15) is 12.8 Å². The molecule has 0 radical (unpaired) electrons. The van der Waals surface area contributed by atoms with Crippen molar-refractivity contribution >= 4 is 11.4 Å². The van der Waals surface area contributed by atoms with Gasteiger partial charge < -0.3 is 50.5 Å². The average Bonchev–Trinajstić information content (AvgIpc) is 2.78. The molecule has 0 amide bonds. The molecule has 2 heterocycles. The minimum atomic E-state index is -3.72. The van der Waals surface area contributed by atoms with Crippen LogP contribution >= 0.6 is 0 Å². The van der Waals surface area contributed by atoms with E-state index < -0.39 is 34.6 Å². The van der Waals surface area contributed by atoms with E-state index in [9.17, 15) is 51.0 Å². The minimum absolute atomic E-state index is 0.0216. The highest BCUT2D eigenvalue weighted by atomic mass is 16.7. The second kappa shape index (κ2) is 9.20. The lowest BCUT2D eigenvalue weighted by atomic mass is 9.96. The number of nitro groups is 1. The predicted molar refractivity (Wildman–Crippen MR) is 113 cm³/mol.